The van der Waals surface area contributed by atoms with E-state index in [0.717, 1.165) is 50.0 Å². The Morgan fingerprint density at radius 3 is 2.57 bits per heavy atom. The van der Waals surface area contributed by atoms with Crippen LogP contribution in [-0.4, -0.2) is 101 Å². The first-order chi connectivity index (χ1) is 22.5. The van der Waals surface area contributed by atoms with Crippen molar-refractivity contribution >= 4 is 72.1 Å². The molecule has 0 radical (unpaired) electrons. The van der Waals surface area contributed by atoms with Gasteiger partial charge < -0.3 is 29.9 Å². The molecule has 1 unspecified atom stereocenters. The van der Waals surface area contributed by atoms with Gasteiger partial charge in [-0.25, -0.2) is 13.4 Å². The van der Waals surface area contributed by atoms with Crippen LogP contribution in [0, 0.1) is 0 Å². The number of hydrogen-bond donors (Lipinski definition) is 3. The molecule has 254 valence electrons. The summed E-state index contributed by atoms with van der Waals surface area (Å²) in [6, 6.07) is 8.60. The van der Waals surface area contributed by atoms with Crippen molar-refractivity contribution in [2.75, 3.05) is 80.5 Å². The maximum Gasteiger partial charge on any atom is 0.229 e. The Bertz CT molecular complexity index is 1720. The number of sulfonamides is 1. The zero-order valence-electron chi connectivity index (χ0n) is 27.1. The molecular formula is C32H42BrClN8O4S. The Morgan fingerprint density at radius 2 is 1.85 bits per heavy atom. The predicted octanol–water partition coefficient (Wildman–Crippen LogP) is 5.69. The van der Waals surface area contributed by atoms with Crippen molar-refractivity contribution in [1.29, 1.82) is 0 Å². The van der Waals surface area contributed by atoms with E-state index in [2.05, 4.69) is 70.0 Å². The van der Waals surface area contributed by atoms with E-state index in [1.165, 1.54) is 19.4 Å². The first kappa shape index (κ1) is 33.8. The van der Waals surface area contributed by atoms with Gasteiger partial charge in [-0.3, -0.25) is 9.62 Å². The van der Waals surface area contributed by atoms with Crippen LogP contribution in [0.1, 0.15) is 31.2 Å². The molecule has 0 aliphatic carbocycles. The number of rotatable bonds is 10. The number of hydrogen-bond acceptors (Lipinski definition) is 11. The van der Waals surface area contributed by atoms with Gasteiger partial charge in [-0.15, -0.1) is 0 Å². The molecule has 2 aromatic carbocycles. The lowest BCUT2D eigenvalue weighted by atomic mass is 9.97. The van der Waals surface area contributed by atoms with Crippen molar-refractivity contribution in [3.8, 4) is 11.5 Å². The molecular weight excluding hydrogens is 708 g/mol. The first-order valence-electron chi connectivity index (χ1n) is 15.8. The molecule has 1 aromatic heterocycles. The fourth-order valence-corrected chi connectivity index (χ4v) is 7.78. The molecule has 15 heteroatoms. The summed E-state index contributed by atoms with van der Waals surface area (Å²) in [6.07, 6.45) is 8.15. The van der Waals surface area contributed by atoms with E-state index in [1.54, 1.807) is 25.4 Å². The molecule has 3 aliphatic rings. The van der Waals surface area contributed by atoms with E-state index in [4.69, 9.17) is 21.1 Å². The van der Waals surface area contributed by atoms with Gasteiger partial charge in [0.05, 0.1) is 52.2 Å². The van der Waals surface area contributed by atoms with Crippen molar-refractivity contribution in [3.05, 3.63) is 45.5 Å². The average Bonchev–Trinajstić information content (AvgIpc) is 3.49. The Kier molecular flexibility index (Phi) is 10.2. The van der Waals surface area contributed by atoms with Crippen LogP contribution in [-0.2, 0) is 16.4 Å². The van der Waals surface area contributed by atoms with E-state index >= 15 is 0 Å². The number of nitrogens with zero attached hydrogens (tertiary/aromatic N) is 5. The van der Waals surface area contributed by atoms with Crippen molar-refractivity contribution in [2.24, 2.45) is 0 Å². The molecule has 0 amide bonds. The average molecular weight is 750 g/mol. The number of aromatic nitrogens is 2. The third-order valence-corrected chi connectivity index (χ3v) is 10.6. The number of ether oxygens (including phenoxy) is 2. The van der Waals surface area contributed by atoms with Crippen LogP contribution in [0.5, 0.6) is 11.5 Å². The van der Waals surface area contributed by atoms with Gasteiger partial charge in [0, 0.05) is 56.5 Å². The summed E-state index contributed by atoms with van der Waals surface area (Å²) < 4.78 is 38.9. The van der Waals surface area contributed by atoms with Crippen LogP contribution in [0.15, 0.2) is 34.9 Å². The molecule has 3 aromatic rings. The number of anilines is 6. The highest BCUT2D eigenvalue weighted by Crippen LogP contribution is 2.40. The minimum absolute atomic E-state index is 0.297. The topological polar surface area (TPSA) is 124 Å². The molecule has 47 heavy (non-hydrogen) atoms. The molecule has 6 rings (SSSR count). The number of fused-ring (bicyclic) bond motifs is 1. The molecule has 2 saturated heterocycles. The number of halogens is 2. The van der Waals surface area contributed by atoms with Gasteiger partial charge in [0.25, 0.3) is 0 Å². The van der Waals surface area contributed by atoms with Crippen molar-refractivity contribution in [1.82, 2.24) is 19.8 Å². The number of benzene rings is 2. The molecule has 3 N–H and O–H groups in total. The largest absolute Gasteiger partial charge is 0.494 e. The third kappa shape index (κ3) is 7.99. The van der Waals surface area contributed by atoms with Gasteiger partial charge in [0.2, 0.25) is 16.0 Å². The van der Waals surface area contributed by atoms with E-state index in [0.29, 0.717) is 74.9 Å². The standard InChI is InChI=1S/C32H42BrClN8O4S/c1-40(2)22-6-5-10-42(19-22)21-7-11-41(12-8-21)28-17-30(45-3)27(15-24(28)34)37-32-35-18-23(33)31(38-32)36-25-16-29-20(9-13-46-29)14-26(25)39-47(4,43)44/h14-18,21-22,39H,5-13,19H2,1-4H3,(H2,35,36,37,38). The molecule has 3 aliphatic heterocycles. The Balaban J connectivity index is 1.17. The summed E-state index contributed by atoms with van der Waals surface area (Å²) in [6.45, 7) is 4.72. The zero-order valence-corrected chi connectivity index (χ0v) is 30.3. The fourth-order valence-electron chi connectivity index (χ4n) is 6.64. The maximum atomic E-state index is 12.1. The summed E-state index contributed by atoms with van der Waals surface area (Å²) in [5.41, 5.74) is 3.40. The van der Waals surface area contributed by atoms with Crippen molar-refractivity contribution < 1.29 is 17.9 Å². The van der Waals surface area contributed by atoms with Crippen LogP contribution in [0.2, 0.25) is 5.02 Å². The SMILES string of the molecule is COc1cc(N2CCC(N3CCCC(N(C)C)C3)CC2)c(Cl)cc1Nc1ncc(Br)c(Nc2cc3c(cc2NS(C)(=O)=O)CCO3)n1. The van der Waals surface area contributed by atoms with E-state index < -0.39 is 10.0 Å². The predicted molar refractivity (Wildman–Crippen MR) is 192 cm³/mol. The number of likely N-dealkylation sites (N-methyl/N-ethyl adjacent to an activating group) is 1. The second-order valence-electron chi connectivity index (χ2n) is 12.6. The second-order valence-corrected chi connectivity index (χ2v) is 15.6. The molecule has 1 atom stereocenters. The highest BCUT2D eigenvalue weighted by Gasteiger charge is 2.30. The smallest absolute Gasteiger partial charge is 0.229 e. The third-order valence-electron chi connectivity index (χ3n) is 9.12. The van der Waals surface area contributed by atoms with Crippen LogP contribution >= 0.6 is 27.5 Å². The maximum absolute atomic E-state index is 12.1. The number of methoxy groups -OCH3 is 1. The molecule has 12 nitrogen and oxygen atoms in total. The van der Waals surface area contributed by atoms with Crippen LogP contribution in [0.3, 0.4) is 0 Å². The number of piperidine rings is 2. The molecule has 2 fully saturated rings. The van der Waals surface area contributed by atoms with Gasteiger partial charge in [0.1, 0.15) is 17.3 Å². The second kappa shape index (κ2) is 14.2. The molecule has 4 heterocycles. The van der Waals surface area contributed by atoms with Crippen molar-refractivity contribution in [2.45, 2.75) is 44.2 Å². The fraction of sp³-hybridized carbons (Fsp3) is 0.500. The Hall–Kier alpha value is -3.04. The van der Waals surface area contributed by atoms with E-state index in [9.17, 15) is 8.42 Å². The molecule has 0 bridgehead atoms. The van der Waals surface area contributed by atoms with Gasteiger partial charge in [-0.05, 0) is 79.9 Å². The van der Waals surface area contributed by atoms with Crippen LogP contribution in [0.4, 0.5) is 34.5 Å². The van der Waals surface area contributed by atoms with Gasteiger partial charge in [-0.2, -0.15) is 4.98 Å². The number of likely N-dealkylation sites (tertiary alicyclic amines) is 1. The van der Waals surface area contributed by atoms with Crippen molar-refractivity contribution in [3.63, 3.8) is 0 Å². The quantitative estimate of drug-likeness (QED) is 0.237. The van der Waals surface area contributed by atoms with E-state index in [-0.39, 0.29) is 0 Å². The van der Waals surface area contributed by atoms with Gasteiger partial charge in [0.15, 0.2) is 0 Å². The minimum atomic E-state index is -3.53. The summed E-state index contributed by atoms with van der Waals surface area (Å²) >= 11 is 10.4. The summed E-state index contributed by atoms with van der Waals surface area (Å²) in [5, 5.41) is 7.09. The lowest BCUT2D eigenvalue weighted by Gasteiger charge is -2.44. The Morgan fingerprint density at radius 1 is 1.06 bits per heavy atom. The lowest BCUT2D eigenvalue weighted by Crippen LogP contribution is -2.52. The van der Waals surface area contributed by atoms with Gasteiger partial charge >= 0.3 is 0 Å². The van der Waals surface area contributed by atoms with Crippen LogP contribution < -0.4 is 29.7 Å². The summed E-state index contributed by atoms with van der Waals surface area (Å²) in [5.74, 6) is 2.04. The first-order valence-corrected chi connectivity index (χ1v) is 18.9. The minimum Gasteiger partial charge on any atom is -0.494 e. The Labute approximate surface area is 290 Å². The summed E-state index contributed by atoms with van der Waals surface area (Å²) in [4.78, 5) is 16.5. The summed E-state index contributed by atoms with van der Waals surface area (Å²) in [7, 11) is 2.47. The molecule has 0 spiro atoms. The molecule has 0 saturated carbocycles. The highest BCUT2D eigenvalue weighted by molar-refractivity contribution is 9.10. The van der Waals surface area contributed by atoms with E-state index in [1.807, 2.05) is 12.1 Å². The van der Waals surface area contributed by atoms with Crippen LogP contribution in [0.25, 0.3) is 0 Å². The zero-order chi connectivity index (χ0) is 33.3. The number of nitrogens with one attached hydrogen (secondary N) is 3. The lowest BCUT2D eigenvalue weighted by molar-refractivity contribution is 0.0846. The highest BCUT2D eigenvalue weighted by atomic mass is 79.9. The van der Waals surface area contributed by atoms with Gasteiger partial charge in [-0.1, -0.05) is 11.6 Å². The monoisotopic (exact) mass is 748 g/mol. The normalized spacial score (nSPS) is 19.0.